The van der Waals surface area contributed by atoms with Crippen LogP contribution in [0, 0.1) is 0 Å². The maximum atomic E-state index is 12.7. The number of nitrogens with one attached hydrogen (secondary N) is 1. The van der Waals surface area contributed by atoms with Crippen molar-refractivity contribution in [2.45, 2.75) is 9.79 Å². The third-order valence-corrected chi connectivity index (χ3v) is 5.82. The van der Waals surface area contributed by atoms with Crippen molar-refractivity contribution in [3.05, 3.63) is 78.9 Å². The van der Waals surface area contributed by atoms with Crippen molar-refractivity contribution in [2.75, 3.05) is 4.72 Å². The van der Waals surface area contributed by atoms with E-state index in [-0.39, 0.29) is 15.5 Å². The van der Waals surface area contributed by atoms with Gasteiger partial charge in [-0.25, -0.2) is 22.0 Å². The first-order valence-electron chi connectivity index (χ1n) is 7.73. The monoisotopic (exact) mass is 404 g/mol. The molecule has 0 unspecified atom stereocenters. The van der Waals surface area contributed by atoms with Crippen LogP contribution in [0.5, 0.6) is 11.5 Å². The Balaban J connectivity index is 1.93. The Morgan fingerprint density at radius 1 is 0.741 bits per heavy atom. The largest absolute Gasteiger partial charge is 0.455 e. The van der Waals surface area contributed by atoms with E-state index >= 15 is 0 Å². The number of anilines is 1. The summed E-state index contributed by atoms with van der Waals surface area (Å²) in [4.78, 5) is -0.525. The minimum atomic E-state index is -4.06. The second-order valence-corrected chi connectivity index (χ2v) is 8.78. The molecule has 140 valence electrons. The Labute approximate surface area is 157 Å². The molecule has 0 fully saturated rings. The number of benzene rings is 3. The van der Waals surface area contributed by atoms with E-state index in [1.165, 1.54) is 18.2 Å². The Morgan fingerprint density at radius 2 is 1.37 bits per heavy atom. The summed E-state index contributed by atoms with van der Waals surface area (Å²) < 4.78 is 56.4. The summed E-state index contributed by atoms with van der Waals surface area (Å²) in [6.45, 7) is 0. The van der Waals surface area contributed by atoms with Gasteiger partial charge in [-0.05, 0) is 42.5 Å². The van der Waals surface area contributed by atoms with Crippen LogP contribution in [-0.4, -0.2) is 16.8 Å². The number of hydrogen-bond acceptors (Lipinski definition) is 5. The fraction of sp³-hybridized carbons (Fsp3) is 0. The van der Waals surface area contributed by atoms with Crippen molar-refractivity contribution in [2.24, 2.45) is 5.14 Å². The van der Waals surface area contributed by atoms with Crippen LogP contribution in [0.4, 0.5) is 5.69 Å². The lowest BCUT2D eigenvalue weighted by atomic mass is 10.3. The van der Waals surface area contributed by atoms with Gasteiger partial charge in [0.2, 0.25) is 10.0 Å². The number of para-hydroxylation sites is 3. The molecule has 0 saturated carbocycles. The molecule has 0 aliphatic carbocycles. The minimum Gasteiger partial charge on any atom is -0.455 e. The van der Waals surface area contributed by atoms with Crippen molar-refractivity contribution in [1.82, 2.24) is 0 Å². The third kappa shape index (κ3) is 4.64. The Kier molecular flexibility index (Phi) is 5.17. The highest BCUT2D eigenvalue weighted by molar-refractivity contribution is 7.93. The van der Waals surface area contributed by atoms with E-state index in [0.717, 1.165) is 6.07 Å². The zero-order valence-electron chi connectivity index (χ0n) is 13.9. The average Bonchev–Trinajstić information content (AvgIpc) is 2.63. The molecule has 27 heavy (non-hydrogen) atoms. The second kappa shape index (κ2) is 7.39. The molecule has 3 aromatic carbocycles. The van der Waals surface area contributed by atoms with E-state index in [9.17, 15) is 16.8 Å². The average molecular weight is 404 g/mol. The molecule has 0 atom stereocenters. The Hall–Kier alpha value is -2.88. The van der Waals surface area contributed by atoms with Crippen LogP contribution >= 0.6 is 0 Å². The van der Waals surface area contributed by atoms with E-state index in [2.05, 4.69) is 4.72 Å². The van der Waals surface area contributed by atoms with E-state index < -0.39 is 20.0 Å². The van der Waals surface area contributed by atoms with Crippen LogP contribution in [0.1, 0.15) is 0 Å². The quantitative estimate of drug-likeness (QED) is 0.655. The van der Waals surface area contributed by atoms with Gasteiger partial charge in [-0.1, -0.05) is 36.4 Å². The number of primary sulfonamides is 1. The summed E-state index contributed by atoms with van der Waals surface area (Å²) in [5.41, 5.74) is 0.211. The van der Waals surface area contributed by atoms with Gasteiger partial charge in [-0.3, -0.25) is 4.72 Å². The lowest BCUT2D eigenvalue weighted by molar-refractivity contribution is 0.485. The highest BCUT2D eigenvalue weighted by atomic mass is 32.2. The first-order chi connectivity index (χ1) is 12.8. The van der Waals surface area contributed by atoms with Crippen LogP contribution in [0.3, 0.4) is 0 Å². The summed E-state index contributed by atoms with van der Waals surface area (Å²) in [5, 5.41) is 5.07. The molecule has 0 heterocycles. The SMILES string of the molecule is NS(=O)(=O)c1cccc(S(=O)(=O)Nc2ccccc2Oc2ccccc2)c1. The van der Waals surface area contributed by atoms with Gasteiger partial charge in [-0.2, -0.15) is 0 Å². The van der Waals surface area contributed by atoms with E-state index in [4.69, 9.17) is 9.88 Å². The molecule has 3 aromatic rings. The molecule has 0 amide bonds. The smallest absolute Gasteiger partial charge is 0.262 e. The molecule has 3 rings (SSSR count). The normalized spacial score (nSPS) is 11.7. The Morgan fingerprint density at radius 3 is 2.07 bits per heavy atom. The summed E-state index contributed by atoms with van der Waals surface area (Å²) in [5.74, 6) is 0.843. The molecule has 3 N–H and O–H groups in total. The topological polar surface area (TPSA) is 116 Å². The summed E-state index contributed by atoms with van der Waals surface area (Å²) in [7, 11) is -8.09. The van der Waals surface area contributed by atoms with Crippen molar-refractivity contribution < 1.29 is 21.6 Å². The number of rotatable bonds is 6. The van der Waals surface area contributed by atoms with Gasteiger partial charge >= 0.3 is 0 Å². The highest BCUT2D eigenvalue weighted by Crippen LogP contribution is 2.31. The predicted molar refractivity (Wildman–Crippen MR) is 102 cm³/mol. The molecule has 0 aliphatic rings. The van der Waals surface area contributed by atoms with Gasteiger partial charge in [-0.15, -0.1) is 0 Å². The number of sulfonamides is 2. The van der Waals surface area contributed by atoms with Crippen LogP contribution < -0.4 is 14.6 Å². The third-order valence-electron chi connectivity index (χ3n) is 3.55. The van der Waals surface area contributed by atoms with Gasteiger partial charge in [0.05, 0.1) is 15.5 Å². The maximum Gasteiger partial charge on any atom is 0.262 e. The van der Waals surface area contributed by atoms with E-state index in [1.54, 1.807) is 48.5 Å². The fourth-order valence-electron chi connectivity index (χ4n) is 2.28. The van der Waals surface area contributed by atoms with Crippen molar-refractivity contribution in [3.8, 4) is 11.5 Å². The summed E-state index contributed by atoms with van der Waals surface area (Å²) in [6, 6.07) is 20.2. The zero-order valence-corrected chi connectivity index (χ0v) is 15.6. The number of ether oxygens (including phenoxy) is 1. The molecule has 0 bridgehead atoms. The number of hydrogen-bond donors (Lipinski definition) is 2. The Bertz CT molecular complexity index is 1160. The van der Waals surface area contributed by atoms with Crippen molar-refractivity contribution >= 4 is 25.7 Å². The maximum absolute atomic E-state index is 12.7. The molecular weight excluding hydrogens is 388 g/mol. The first kappa shape index (κ1) is 18.9. The van der Waals surface area contributed by atoms with Crippen LogP contribution in [-0.2, 0) is 20.0 Å². The molecular formula is C18H16N2O5S2. The lowest BCUT2D eigenvalue weighted by Gasteiger charge is -2.13. The van der Waals surface area contributed by atoms with Gasteiger partial charge in [0, 0.05) is 0 Å². The van der Waals surface area contributed by atoms with Gasteiger partial charge in [0.15, 0.2) is 5.75 Å². The van der Waals surface area contributed by atoms with Crippen molar-refractivity contribution in [3.63, 3.8) is 0 Å². The van der Waals surface area contributed by atoms with E-state index in [1.807, 2.05) is 6.07 Å². The van der Waals surface area contributed by atoms with Crippen molar-refractivity contribution in [1.29, 1.82) is 0 Å². The summed E-state index contributed by atoms with van der Waals surface area (Å²) in [6.07, 6.45) is 0. The molecule has 7 nitrogen and oxygen atoms in total. The minimum absolute atomic E-state index is 0.211. The molecule has 9 heteroatoms. The number of nitrogens with two attached hydrogens (primary N) is 1. The molecule has 0 spiro atoms. The molecule has 0 radical (unpaired) electrons. The molecule has 0 aromatic heterocycles. The van der Waals surface area contributed by atoms with Crippen LogP contribution in [0.25, 0.3) is 0 Å². The second-order valence-electron chi connectivity index (χ2n) is 5.54. The summed E-state index contributed by atoms with van der Waals surface area (Å²) >= 11 is 0. The fourth-order valence-corrected chi connectivity index (χ4v) is 4.03. The standard InChI is InChI=1S/C18H16N2O5S2/c19-26(21,22)15-9-6-10-16(13-15)27(23,24)20-17-11-4-5-12-18(17)25-14-7-2-1-3-8-14/h1-13,20H,(H2,19,21,22). The van der Waals surface area contributed by atoms with E-state index in [0.29, 0.717) is 11.5 Å². The van der Waals surface area contributed by atoms with Crippen LogP contribution in [0.2, 0.25) is 0 Å². The highest BCUT2D eigenvalue weighted by Gasteiger charge is 2.19. The van der Waals surface area contributed by atoms with Gasteiger partial charge in [0.1, 0.15) is 5.75 Å². The van der Waals surface area contributed by atoms with Crippen LogP contribution in [0.15, 0.2) is 88.7 Å². The molecule has 0 saturated heterocycles. The molecule has 0 aliphatic heterocycles. The first-order valence-corrected chi connectivity index (χ1v) is 10.8. The predicted octanol–water partition coefficient (Wildman–Crippen LogP) is 2.93. The van der Waals surface area contributed by atoms with Gasteiger partial charge in [0.25, 0.3) is 10.0 Å². The lowest BCUT2D eigenvalue weighted by Crippen LogP contribution is -2.16. The zero-order chi connectivity index (χ0) is 19.5. The van der Waals surface area contributed by atoms with Gasteiger partial charge < -0.3 is 4.74 Å².